The molecule has 142 valence electrons. The van der Waals surface area contributed by atoms with Crippen molar-refractivity contribution in [3.8, 4) is 0 Å². The molecule has 8 heteroatoms. The average Bonchev–Trinajstić information content (AvgIpc) is 3.11. The van der Waals surface area contributed by atoms with Crippen molar-refractivity contribution < 1.29 is 4.79 Å². The van der Waals surface area contributed by atoms with Crippen molar-refractivity contribution >= 4 is 22.6 Å². The van der Waals surface area contributed by atoms with E-state index in [1.54, 1.807) is 11.6 Å². The van der Waals surface area contributed by atoms with Gasteiger partial charge in [-0.2, -0.15) is 0 Å². The smallest absolute Gasteiger partial charge is 0.262 e. The normalized spacial score (nSPS) is 16.2. The average molecular weight is 368 g/mol. The van der Waals surface area contributed by atoms with Gasteiger partial charge in [-0.15, -0.1) is 10.2 Å². The van der Waals surface area contributed by atoms with E-state index in [0.717, 1.165) is 37.3 Å². The zero-order valence-corrected chi connectivity index (χ0v) is 15.7. The zero-order chi connectivity index (χ0) is 19.0. The molecule has 0 spiro atoms. The van der Waals surface area contributed by atoms with E-state index >= 15 is 0 Å². The summed E-state index contributed by atoms with van der Waals surface area (Å²) in [6.45, 7) is 4.96. The number of nitrogens with zero attached hydrogens (tertiary/aromatic N) is 5. The van der Waals surface area contributed by atoms with Gasteiger partial charge in [0.05, 0.1) is 17.4 Å². The zero-order valence-electron chi connectivity index (χ0n) is 15.7. The number of carbonyl (C=O) groups is 1. The van der Waals surface area contributed by atoms with Gasteiger partial charge in [-0.1, -0.05) is 12.1 Å². The first-order valence-corrected chi connectivity index (χ1v) is 9.42. The molecule has 0 aliphatic carbocycles. The number of nitrogens with one attached hydrogen (secondary N) is 1. The van der Waals surface area contributed by atoms with Crippen LogP contribution in [0.1, 0.15) is 25.6 Å². The SMILES string of the molecule is CCNC(=O)C1CCN(Cc2nnc3n(C)c(=O)c4ccccc4n23)CC1. The van der Waals surface area contributed by atoms with Gasteiger partial charge in [0.1, 0.15) is 0 Å². The van der Waals surface area contributed by atoms with E-state index < -0.39 is 0 Å². The molecule has 1 N–H and O–H groups in total. The van der Waals surface area contributed by atoms with Gasteiger partial charge in [-0.3, -0.25) is 23.5 Å². The minimum atomic E-state index is -0.0696. The molecular weight excluding hydrogens is 344 g/mol. The number of rotatable bonds is 4. The van der Waals surface area contributed by atoms with Gasteiger partial charge in [0.2, 0.25) is 11.7 Å². The first-order valence-electron chi connectivity index (χ1n) is 9.42. The minimum Gasteiger partial charge on any atom is -0.356 e. The van der Waals surface area contributed by atoms with Gasteiger partial charge < -0.3 is 5.32 Å². The molecule has 8 nitrogen and oxygen atoms in total. The Kier molecular flexibility index (Phi) is 4.65. The van der Waals surface area contributed by atoms with Crippen molar-refractivity contribution in [2.75, 3.05) is 19.6 Å². The van der Waals surface area contributed by atoms with E-state index in [4.69, 9.17) is 0 Å². The molecule has 0 radical (unpaired) electrons. The Bertz CT molecular complexity index is 1050. The molecule has 1 aliphatic rings. The van der Waals surface area contributed by atoms with Crippen LogP contribution in [0.5, 0.6) is 0 Å². The number of benzene rings is 1. The van der Waals surface area contributed by atoms with Crippen LogP contribution in [0.25, 0.3) is 16.7 Å². The van der Waals surface area contributed by atoms with Crippen LogP contribution in [-0.2, 0) is 18.4 Å². The molecule has 3 aromatic rings. The summed E-state index contributed by atoms with van der Waals surface area (Å²) in [4.78, 5) is 26.8. The fourth-order valence-electron chi connectivity index (χ4n) is 3.87. The summed E-state index contributed by atoms with van der Waals surface area (Å²) in [5.41, 5.74) is 0.757. The Morgan fingerprint density at radius 1 is 1.22 bits per heavy atom. The van der Waals surface area contributed by atoms with Gasteiger partial charge in [-0.25, -0.2) is 0 Å². The highest BCUT2D eigenvalue weighted by Crippen LogP contribution is 2.20. The van der Waals surface area contributed by atoms with Crippen LogP contribution in [-0.4, -0.2) is 49.6 Å². The molecular formula is C19H24N6O2. The maximum atomic E-state index is 12.5. The molecule has 1 saturated heterocycles. The number of piperidine rings is 1. The molecule has 0 unspecified atom stereocenters. The van der Waals surface area contributed by atoms with E-state index in [1.165, 1.54) is 0 Å². The molecule has 3 heterocycles. The van der Waals surface area contributed by atoms with Crippen LogP contribution in [0.2, 0.25) is 0 Å². The number of para-hydroxylation sites is 1. The highest BCUT2D eigenvalue weighted by atomic mass is 16.2. The number of amides is 1. The summed E-state index contributed by atoms with van der Waals surface area (Å²) in [6, 6.07) is 7.55. The predicted molar refractivity (Wildman–Crippen MR) is 102 cm³/mol. The van der Waals surface area contributed by atoms with Gasteiger partial charge in [0, 0.05) is 19.5 Å². The number of hydrogen-bond donors (Lipinski definition) is 1. The second kappa shape index (κ2) is 7.11. The summed E-state index contributed by atoms with van der Waals surface area (Å²) < 4.78 is 3.51. The molecule has 1 aliphatic heterocycles. The van der Waals surface area contributed by atoms with Crippen molar-refractivity contribution in [2.45, 2.75) is 26.3 Å². The topological polar surface area (TPSA) is 84.5 Å². The predicted octanol–water partition coefficient (Wildman–Crippen LogP) is 0.929. The quantitative estimate of drug-likeness (QED) is 0.741. The lowest BCUT2D eigenvalue weighted by Gasteiger charge is -2.30. The van der Waals surface area contributed by atoms with Crippen molar-refractivity contribution in [3.63, 3.8) is 0 Å². The first-order chi connectivity index (χ1) is 13.1. The Morgan fingerprint density at radius 3 is 2.70 bits per heavy atom. The molecule has 27 heavy (non-hydrogen) atoms. The summed E-state index contributed by atoms with van der Waals surface area (Å²) in [7, 11) is 1.72. The Hall–Kier alpha value is -2.74. The number of carbonyl (C=O) groups excluding carboxylic acids is 1. The largest absolute Gasteiger partial charge is 0.356 e. The van der Waals surface area contributed by atoms with Crippen LogP contribution >= 0.6 is 0 Å². The summed E-state index contributed by atoms with van der Waals surface area (Å²) in [5.74, 6) is 1.61. The standard InChI is InChI=1S/C19H24N6O2/c1-3-20-17(26)13-8-10-24(11-9-13)12-16-21-22-19-23(2)18(27)14-6-4-5-7-15(14)25(16)19/h4-7,13H,3,8-12H2,1-2H3,(H,20,26). The lowest BCUT2D eigenvalue weighted by Crippen LogP contribution is -2.40. The molecule has 1 fully saturated rings. The van der Waals surface area contributed by atoms with Crippen LogP contribution < -0.4 is 10.9 Å². The van der Waals surface area contributed by atoms with Crippen molar-refractivity contribution in [3.05, 3.63) is 40.4 Å². The van der Waals surface area contributed by atoms with Crippen molar-refractivity contribution in [1.82, 2.24) is 29.4 Å². The van der Waals surface area contributed by atoms with Gasteiger partial charge in [0.25, 0.3) is 5.56 Å². The molecule has 4 rings (SSSR count). The summed E-state index contributed by atoms with van der Waals surface area (Å²) in [5, 5.41) is 12.2. The number of aromatic nitrogens is 4. The lowest BCUT2D eigenvalue weighted by atomic mass is 9.96. The minimum absolute atomic E-state index is 0.0696. The van der Waals surface area contributed by atoms with E-state index in [1.807, 2.05) is 35.6 Å². The summed E-state index contributed by atoms with van der Waals surface area (Å²) >= 11 is 0. The third-order valence-electron chi connectivity index (χ3n) is 5.37. The molecule has 1 aromatic carbocycles. The van der Waals surface area contributed by atoms with Gasteiger partial charge in [0.15, 0.2) is 5.82 Å². The van der Waals surface area contributed by atoms with E-state index in [-0.39, 0.29) is 17.4 Å². The highest BCUT2D eigenvalue weighted by molar-refractivity contribution is 5.80. The lowest BCUT2D eigenvalue weighted by molar-refractivity contribution is -0.126. The number of fused-ring (bicyclic) bond motifs is 3. The van der Waals surface area contributed by atoms with E-state index in [0.29, 0.717) is 24.3 Å². The third-order valence-corrected chi connectivity index (χ3v) is 5.37. The maximum absolute atomic E-state index is 12.5. The van der Waals surface area contributed by atoms with Crippen molar-refractivity contribution in [1.29, 1.82) is 0 Å². The maximum Gasteiger partial charge on any atom is 0.262 e. The third kappa shape index (κ3) is 3.10. The fourth-order valence-corrected chi connectivity index (χ4v) is 3.87. The second-order valence-electron chi connectivity index (χ2n) is 7.08. The van der Waals surface area contributed by atoms with E-state index in [2.05, 4.69) is 20.4 Å². The van der Waals surface area contributed by atoms with Gasteiger partial charge >= 0.3 is 0 Å². The molecule has 1 amide bonds. The monoisotopic (exact) mass is 368 g/mol. The van der Waals surface area contributed by atoms with Crippen LogP contribution in [0.4, 0.5) is 0 Å². The number of likely N-dealkylation sites (tertiary alicyclic amines) is 1. The Morgan fingerprint density at radius 2 is 1.96 bits per heavy atom. The van der Waals surface area contributed by atoms with Crippen molar-refractivity contribution in [2.24, 2.45) is 13.0 Å². The summed E-state index contributed by atoms with van der Waals surface area (Å²) in [6.07, 6.45) is 1.70. The first kappa shape index (κ1) is 17.7. The van der Waals surface area contributed by atoms with Crippen LogP contribution in [0.15, 0.2) is 29.1 Å². The Balaban J connectivity index is 1.61. The molecule has 2 aromatic heterocycles. The fraction of sp³-hybridized carbons (Fsp3) is 0.474. The number of aryl methyl sites for hydroxylation is 1. The molecule has 0 saturated carbocycles. The molecule has 0 bridgehead atoms. The van der Waals surface area contributed by atoms with Crippen LogP contribution in [0.3, 0.4) is 0 Å². The Labute approximate surface area is 156 Å². The second-order valence-corrected chi connectivity index (χ2v) is 7.08. The number of hydrogen-bond acceptors (Lipinski definition) is 5. The van der Waals surface area contributed by atoms with Crippen LogP contribution in [0, 0.1) is 5.92 Å². The van der Waals surface area contributed by atoms with Gasteiger partial charge in [-0.05, 0) is 45.0 Å². The molecule has 0 atom stereocenters. The highest BCUT2D eigenvalue weighted by Gasteiger charge is 2.25. The van der Waals surface area contributed by atoms with E-state index in [9.17, 15) is 9.59 Å².